The Labute approximate surface area is 218 Å². The summed E-state index contributed by atoms with van der Waals surface area (Å²) in [6, 6.07) is 2.68. The Balaban J connectivity index is 2.01. The molecule has 0 aliphatic rings. The Kier molecular flexibility index (Phi) is 11.1. The lowest BCUT2D eigenvalue weighted by atomic mass is 10.0. The fourth-order valence-electron chi connectivity index (χ4n) is 3.36. The molecule has 4 amide bonds. The number of carboxylic acids is 1. The van der Waals surface area contributed by atoms with Crippen molar-refractivity contribution in [3.63, 3.8) is 0 Å². The SMILES string of the molecule is NC(=O)CCC(N)C(=O)NC(CS)C(=O)NC(CS)C(=O)NC(Cc1c[nH]c2ccccc12)C(=O)O. The second-order valence-corrected chi connectivity index (χ2v) is 8.79. The number of carbonyl (C=O) groups excluding carboxylic acids is 4. The highest BCUT2D eigenvalue weighted by Gasteiger charge is 2.29. The molecular formula is C22H30N6O6S2. The van der Waals surface area contributed by atoms with Crippen LogP contribution in [0.4, 0.5) is 0 Å². The number of fused-ring (bicyclic) bond motifs is 1. The fraction of sp³-hybridized carbons (Fsp3) is 0.409. The van der Waals surface area contributed by atoms with Gasteiger partial charge in [0.25, 0.3) is 0 Å². The van der Waals surface area contributed by atoms with Gasteiger partial charge in [-0.25, -0.2) is 4.79 Å². The van der Waals surface area contributed by atoms with E-state index in [4.69, 9.17) is 11.5 Å². The van der Waals surface area contributed by atoms with E-state index < -0.39 is 53.8 Å². The standard InChI is InChI=1S/C22H30N6O6S2/c23-13(5-6-18(24)29)19(30)27-16(9-35)21(32)28-17(10-36)20(31)26-15(22(33)34)7-11-8-25-14-4-2-1-3-12(11)14/h1-4,8,13,15-17,25,35-36H,5-7,9-10,23H2,(H2,24,29)(H,26,31)(H,27,30)(H,28,32)(H,33,34). The van der Waals surface area contributed by atoms with Crippen molar-refractivity contribution in [3.8, 4) is 0 Å². The molecule has 12 nitrogen and oxygen atoms in total. The number of hydrogen-bond donors (Lipinski definition) is 9. The van der Waals surface area contributed by atoms with Gasteiger partial charge in [-0.3, -0.25) is 19.2 Å². The van der Waals surface area contributed by atoms with Crippen molar-refractivity contribution < 1.29 is 29.1 Å². The average molecular weight is 539 g/mol. The number of nitrogens with one attached hydrogen (secondary N) is 4. The van der Waals surface area contributed by atoms with Gasteiger partial charge in [0.2, 0.25) is 23.6 Å². The normalized spacial score (nSPS) is 14.3. The number of hydrogen-bond acceptors (Lipinski definition) is 8. The van der Waals surface area contributed by atoms with Crippen LogP contribution in [0.3, 0.4) is 0 Å². The summed E-state index contributed by atoms with van der Waals surface area (Å²) in [6.07, 6.45) is 1.59. The number of aromatic nitrogens is 1. The van der Waals surface area contributed by atoms with Gasteiger partial charge in [0.1, 0.15) is 18.1 Å². The van der Waals surface area contributed by atoms with Crippen molar-refractivity contribution in [3.05, 3.63) is 36.0 Å². The zero-order valence-electron chi connectivity index (χ0n) is 19.3. The van der Waals surface area contributed by atoms with Crippen LogP contribution < -0.4 is 27.4 Å². The van der Waals surface area contributed by atoms with E-state index in [-0.39, 0.29) is 30.8 Å². The summed E-state index contributed by atoms with van der Waals surface area (Å²) >= 11 is 8.15. The highest BCUT2D eigenvalue weighted by molar-refractivity contribution is 7.80. The number of para-hydroxylation sites is 1. The first-order valence-electron chi connectivity index (χ1n) is 11.0. The van der Waals surface area contributed by atoms with Crippen molar-refractivity contribution in [2.24, 2.45) is 11.5 Å². The van der Waals surface area contributed by atoms with Gasteiger partial charge in [-0.1, -0.05) is 18.2 Å². The number of aromatic amines is 1. The molecular weight excluding hydrogens is 508 g/mol. The van der Waals surface area contributed by atoms with Gasteiger partial charge < -0.3 is 37.5 Å². The second kappa shape index (κ2) is 13.8. The van der Waals surface area contributed by atoms with E-state index in [9.17, 15) is 29.1 Å². The van der Waals surface area contributed by atoms with Gasteiger partial charge in [-0.2, -0.15) is 25.3 Å². The molecule has 14 heteroatoms. The third-order valence-electron chi connectivity index (χ3n) is 5.38. The number of carboxylic acid groups (broad SMARTS) is 1. The molecule has 1 heterocycles. The van der Waals surface area contributed by atoms with E-state index in [1.54, 1.807) is 6.20 Å². The summed E-state index contributed by atoms with van der Waals surface area (Å²) in [7, 11) is 0. The fourth-order valence-corrected chi connectivity index (χ4v) is 3.88. The molecule has 0 aliphatic carbocycles. The molecule has 196 valence electrons. The molecule has 0 saturated carbocycles. The lowest BCUT2D eigenvalue weighted by molar-refractivity contribution is -0.142. The van der Waals surface area contributed by atoms with Crippen LogP contribution in [0.2, 0.25) is 0 Å². The maximum atomic E-state index is 12.8. The van der Waals surface area contributed by atoms with Crippen LogP contribution in [-0.2, 0) is 30.4 Å². The third kappa shape index (κ3) is 8.17. The summed E-state index contributed by atoms with van der Waals surface area (Å²) in [5.74, 6) is -4.30. The smallest absolute Gasteiger partial charge is 0.326 e. The highest BCUT2D eigenvalue weighted by Crippen LogP contribution is 2.19. The van der Waals surface area contributed by atoms with Gasteiger partial charge in [0, 0.05) is 41.4 Å². The number of aliphatic carboxylic acids is 1. The maximum absolute atomic E-state index is 12.8. The molecule has 0 aliphatic heterocycles. The number of primary amides is 1. The van der Waals surface area contributed by atoms with Crippen LogP contribution >= 0.6 is 25.3 Å². The van der Waals surface area contributed by atoms with E-state index in [1.807, 2.05) is 24.3 Å². The molecule has 2 rings (SSSR count). The predicted molar refractivity (Wildman–Crippen MR) is 140 cm³/mol. The Bertz CT molecular complexity index is 1110. The number of amides is 4. The van der Waals surface area contributed by atoms with Gasteiger partial charge in [-0.15, -0.1) is 0 Å². The summed E-state index contributed by atoms with van der Waals surface area (Å²) in [5, 5.41) is 17.8. The summed E-state index contributed by atoms with van der Waals surface area (Å²) < 4.78 is 0. The number of rotatable bonds is 14. The minimum atomic E-state index is -1.26. The van der Waals surface area contributed by atoms with Crippen LogP contribution in [-0.4, -0.2) is 75.4 Å². The van der Waals surface area contributed by atoms with Crippen molar-refractivity contribution >= 4 is 65.8 Å². The molecule has 9 N–H and O–H groups in total. The molecule has 4 unspecified atom stereocenters. The van der Waals surface area contributed by atoms with Crippen LogP contribution in [0.5, 0.6) is 0 Å². The highest BCUT2D eigenvalue weighted by atomic mass is 32.1. The molecule has 0 bridgehead atoms. The van der Waals surface area contributed by atoms with Crippen LogP contribution in [0.1, 0.15) is 18.4 Å². The number of carbonyl (C=O) groups is 5. The van der Waals surface area contributed by atoms with E-state index in [2.05, 4.69) is 46.2 Å². The van der Waals surface area contributed by atoms with E-state index in [1.165, 1.54) is 0 Å². The summed E-state index contributed by atoms with van der Waals surface area (Å²) in [6.45, 7) is 0. The molecule has 0 spiro atoms. The van der Waals surface area contributed by atoms with Gasteiger partial charge in [0.05, 0.1) is 6.04 Å². The zero-order valence-corrected chi connectivity index (χ0v) is 21.1. The second-order valence-electron chi connectivity index (χ2n) is 8.06. The average Bonchev–Trinajstić information content (AvgIpc) is 3.26. The predicted octanol–water partition coefficient (Wildman–Crippen LogP) is -1.30. The van der Waals surface area contributed by atoms with E-state index >= 15 is 0 Å². The molecule has 0 saturated heterocycles. The Morgan fingerprint density at radius 3 is 2.03 bits per heavy atom. The van der Waals surface area contributed by atoms with E-state index in [0.717, 1.165) is 10.9 Å². The van der Waals surface area contributed by atoms with Crippen molar-refractivity contribution in [2.45, 2.75) is 43.4 Å². The Morgan fingerprint density at radius 1 is 0.917 bits per heavy atom. The first kappa shape index (κ1) is 29.0. The van der Waals surface area contributed by atoms with Crippen LogP contribution in [0.25, 0.3) is 10.9 Å². The first-order valence-corrected chi connectivity index (χ1v) is 12.3. The van der Waals surface area contributed by atoms with E-state index in [0.29, 0.717) is 5.56 Å². The minimum absolute atomic E-state index is 0.00322. The minimum Gasteiger partial charge on any atom is -0.480 e. The lowest BCUT2D eigenvalue weighted by Gasteiger charge is -2.23. The molecule has 36 heavy (non-hydrogen) atoms. The van der Waals surface area contributed by atoms with Crippen molar-refractivity contribution in [1.29, 1.82) is 0 Å². The lowest BCUT2D eigenvalue weighted by Crippen LogP contribution is -2.58. The quantitative estimate of drug-likeness (QED) is 0.133. The van der Waals surface area contributed by atoms with Crippen LogP contribution in [0, 0.1) is 0 Å². The maximum Gasteiger partial charge on any atom is 0.326 e. The Hall–Kier alpha value is -3.23. The first-order chi connectivity index (χ1) is 17.1. The molecule has 4 atom stereocenters. The monoisotopic (exact) mass is 538 g/mol. The molecule has 1 aromatic carbocycles. The molecule has 2 aromatic rings. The largest absolute Gasteiger partial charge is 0.480 e. The summed E-state index contributed by atoms with van der Waals surface area (Å²) in [4.78, 5) is 63.4. The zero-order chi connectivity index (χ0) is 26.8. The number of thiol groups is 2. The van der Waals surface area contributed by atoms with Crippen molar-refractivity contribution in [2.75, 3.05) is 11.5 Å². The van der Waals surface area contributed by atoms with Crippen molar-refractivity contribution in [1.82, 2.24) is 20.9 Å². The van der Waals surface area contributed by atoms with Gasteiger partial charge >= 0.3 is 5.97 Å². The number of H-pyrrole nitrogens is 1. The van der Waals surface area contributed by atoms with Gasteiger partial charge in [-0.05, 0) is 18.1 Å². The number of benzene rings is 1. The Morgan fingerprint density at radius 2 is 1.47 bits per heavy atom. The molecule has 0 fully saturated rings. The molecule has 1 aromatic heterocycles. The topological polar surface area (TPSA) is 209 Å². The number of nitrogens with two attached hydrogens (primary N) is 2. The van der Waals surface area contributed by atoms with Gasteiger partial charge in [0.15, 0.2) is 0 Å². The van der Waals surface area contributed by atoms with Crippen LogP contribution in [0.15, 0.2) is 30.5 Å². The third-order valence-corrected chi connectivity index (χ3v) is 6.11. The summed E-state index contributed by atoms with van der Waals surface area (Å²) in [5.41, 5.74) is 12.3. The molecule has 0 radical (unpaired) electrons.